The van der Waals surface area contributed by atoms with Crippen molar-refractivity contribution < 1.29 is 22.7 Å². The molecule has 0 saturated heterocycles. The SMILES string of the molecule is O=C(Cl)c1cc2cc(OC(F)(F)F)ccc2[nH]1. The molecule has 2 rings (SSSR count). The van der Waals surface area contributed by atoms with Gasteiger partial charge in [-0.3, -0.25) is 4.79 Å². The van der Waals surface area contributed by atoms with Crippen LogP contribution in [0.15, 0.2) is 24.3 Å². The van der Waals surface area contributed by atoms with Crippen molar-refractivity contribution in [3.8, 4) is 5.75 Å². The van der Waals surface area contributed by atoms with Crippen molar-refractivity contribution in [2.24, 2.45) is 0 Å². The van der Waals surface area contributed by atoms with E-state index in [1.165, 1.54) is 18.2 Å². The van der Waals surface area contributed by atoms with E-state index >= 15 is 0 Å². The van der Waals surface area contributed by atoms with Crippen LogP contribution in [0.2, 0.25) is 0 Å². The summed E-state index contributed by atoms with van der Waals surface area (Å²) in [5.41, 5.74) is 0.620. The summed E-state index contributed by atoms with van der Waals surface area (Å²) in [5.74, 6) is -0.349. The molecule has 0 aliphatic carbocycles. The minimum atomic E-state index is -4.74. The van der Waals surface area contributed by atoms with E-state index in [0.717, 1.165) is 6.07 Å². The van der Waals surface area contributed by atoms with Gasteiger partial charge in [-0.25, -0.2) is 0 Å². The fourth-order valence-electron chi connectivity index (χ4n) is 1.41. The molecule has 1 aromatic heterocycles. The average molecular weight is 264 g/mol. The number of ether oxygens (including phenoxy) is 1. The normalized spacial score (nSPS) is 11.8. The van der Waals surface area contributed by atoms with Crippen molar-refractivity contribution in [2.45, 2.75) is 6.36 Å². The highest BCUT2D eigenvalue weighted by molar-refractivity contribution is 6.67. The van der Waals surface area contributed by atoms with E-state index < -0.39 is 11.6 Å². The molecule has 1 aromatic carbocycles. The Bertz CT molecular complexity index is 576. The number of aromatic nitrogens is 1. The zero-order chi connectivity index (χ0) is 12.6. The van der Waals surface area contributed by atoms with Crippen LogP contribution < -0.4 is 4.74 Å². The van der Waals surface area contributed by atoms with Crippen LogP contribution in [-0.2, 0) is 0 Å². The van der Waals surface area contributed by atoms with Crippen LogP contribution in [0.5, 0.6) is 5.75 Å². The first-order chi connectivity index (χ1) is 7.85. The van der Waals surface area contributed by atoms with Gasteiger partial charge in [-0.15, -0.1) is 13.2 Å². The number of alkyl halides is 3. The smallest absolute Gasteiger partial charge is 0.406 e. The van der Waals surface area contributed by atoms with Crippen molar-refractivity contribution in [1.29, 1.82) is 0 Å². The molecule has 0 amide bonds. The maximum atomic E-state index is 12.0. The Morgan fingerprint density at radius 3 is 2.59 bits per heavy atom. The van der Waals surface area contributed by atoms with Crippen LogP contribution in [0.3, 0.4) is 0 Å². The van der Waals surface area contributed by atoms with Crippen LogP contribution in [0, 0.1) is 0 Å². The molecule has 0 fully saturated rings. The summed E-state index contributed by atoms with van der Waals surface area (Å²) >= 11 is 5.24. The summed E-state index contributed by atoms with van der Waals surface area (Å²) in [5, 5.41) is -0.296. The highest BCUT2D eigenvalue weighted by Crippen LogP contribution is 2.27. The first kappa shape index (κ1) is 11.8. The Labute approximate surface area is 98.1 Å². The first-order valence-electron chi connectivity index (χ1n) is 4.43. The molecule has 7 heteroatoms. The third-order valence-corrected chi connectivity index (χ3v) is 2.24. The summed E-state index contributed by atoms with van der Waals surface area (Å²) in [4.78, 5) is 13.5. The van der Waals surface area contributed by atoms with Crippen LogP contribution in [-0.4, -0.2) is 16.6 Å². The van der Waals surface area contributed by atoms with Gasteiger partial charge in [0.2, 0.25) is 0 Å². The highest BCUT2D eigenvalue weighted by Gasteiger charge is 2.31. The number of rotatable bonds is 2. The molecule has 0 saturated carbocycles. The van der Waals surface area contributed by atoms with Crippen LogP contribution >= 0.6 is 11.6 Å². The predicted molar refractivity (Wildman–Crippen MR) is 55.2 cm³/mol. The van der Waals surface area contributed by atoms with E-state index in [1.54, 1.807) is 0 Å². The Balaban J connectivity index is 2.40. The summed E-state index contributed by atoms with van der Waals surface area (Å²) < 4.78 is 39.7. The number of benzene rings is 1. The number of carbonyl (C=O) groups excluding carboxylic acids is 1. The van der Waals surface area contributed by atoms with Gasteiger partial charge in [-0.1, -0.05) is 0 Å². The zero-order valence-electron chi connectivity index (χ0n) is 8.14. The predicted octanol–water partition coefficient (Wildman–Crippen LogP) is 3.45. The Morgan fingerprint density at radius 1 is 1.29 bits per heavy atom. The average Bonchev–Trinajstić information content (AvgIpc) is 2.57. The van der Waals surface area contributed by atoms with Gasteiger partial charge in [0, 0.05) is 10.9 Å². The summed E-state index contributed by atoms with van der Waals surface area (Å²) in [7, 11) is 0. The fraction of sp³-hybridized carbons (Fsp3) is 0.100. The molecule has 0 radical (unpaired) electrons. The molecular formula is C10H5ClF3NO2. The number of nitrogens with one attached hydrogen (secondary N) is 1. The van der Waals surface area contributed by atoms with Gasteiger partial charge in [-0.2, -0.15) is 0 Å². The second-order valence-corrected chi connectivity index (χ2v) is 3.60. The second kappa shape index (κ2) is 3.96. The van der Waals surface area contributed by atoms with Crippen molar-refractivity contribution in [3.63, 3.8) is 0 Å². The van der Waals surface area contributed by atoms with Gasteiger partial charge in [-0.05, 0) is 35.9 Å². The van der Waals surface area contributed by atoms with Crippen LogP contribution in [0.1, 0.15) is 10.5 Å². The lowest BCUT2D eigenvalue weighted by molar-refractivity contribution is -0.274. The summed E-state index contributed by atoms with van der Waals surface area (Å²) in [6.07, 6.45) is -4.74. The third kappa shape index (κ3) is 2.71. The molecule has 1 heterocycles. The molecule has 0 unspecified atom stereocenters. The molecule has 0 atom stereocenters. The Morgan fingerprint density at radius 2 is 2.00 bits per heavy atom. The lowest BCUT2D eigenvalue weighted by Gasteiger charge is -2.08. The van der Waals surface area contributed by atoms with E-state index in [1.807, 2.05) is 0 Å². The van der Waals surface area contributed by atoms with E-state index in [2.05, 4.69) is 9.72 Å². The Kier molecular flexibility index (Phi) is 2.74. The zero-order valence-corrected chi connectivity index (χ0v) is 8.89. The second-order valence-electron chi connectivity index (χ2n) is 3.25. The van der Waals surface area contributed by atoms with Gasteiger partial charge in [0.25, 0.3) is 5.24 Å². The van der Waals surface area contributed by atoms with Gasteiger partial charge < -0.3 is 9.72 Å². The van der Waals surface area contributed by atoms with Crippen molar-refractivity contribution in [3.05, 3.63) is 30.0 Å². The molecule has 0 bridgehead atoms. The maximum absolute atomic E-state index is 12.0. The standard InChI is InChI=1S/C10H5ClF3NO2/c11-9(16)8-4-5-3-6(17-10(12,13)14)1-2-7(5)15-8/h1-4,15H. The molecule has 1 N–H and O–H groups in total. The lowest BCUT2D eigenvalue weighted by atomic mass is 10.2. The maximum Gasteiger partial charge on any atom is 0.573 e. The van der Waals surface area contributed by atoms with E-state index in [4.69, 9.17) is 11.6 Å². The van der Waals surface area contributed by atoms with Crippen molar-refractivity contribution >= 4 is 27.7 Å². The highest BCUT2D eigenvalue weighted by atomic mass is 35.5. The van der Waals surface area contributed by atoms with Gasteiger partial charge in [0.1, 0.15) is 5.75 Å². The largest absolute Gasteiger partial charge is 0.573 e. The monoisotopic (exact) mass is 263 g/mol. The number of H-pyrrole nitrogens is 1. The molecule has 90 valence electrons. The quantitative estimate of drug-likeness (QED) is 0.843. The van der Waals surface area contributed by atoms with Crippen LogP contribution in [0.4, 0.5) is 13.2 Å². The Hall–Kier alpha value is -1.69. The van der Waals surface area contributed by atoms with Crippen LogP contribution in [0.25, 0.3) is 10.9 Å². The van der Waals surface area contributed by atoms with Crippen molar-refractivity contribution in [2.75, 3.05) is 0 Å². The van der Waals surface area contributed by atoms with Gasteiger partial charge >= 0.3 is 6.36 Å². The fourth-order valence-corrected chi connectivity index (χ4v) is 1.52. The minimum absolute atomic E-state index is 0.117. The third-order valence-electron chi connectivity index (χ3n) is 2.04. The number of hydrogen-bond donors (Lipinski definition) is 1. The molecule has 0 spiro atoms. The number of halogens is 4. The lowest BCUT2D eigenvalue weighted by Crippen LogP contribution is -2.16. The van der Waals surface area contributed by atoms with Gasteiger partial charge in [0.15, 0.2) is 0 Å². The van der Waals surface area contributed by atoms with Crippen molar-refractivity contribution in [1.82, 2.24) is 4.98 Å². The molecule has 2 aromatic rings. The number of aromatic amines is 1. The first-order valence-corrected chi connectivity index (χ1v) is 4.81. The number of fused-ring (bicyclic) bond motifs is 1. The van der Waals surface area contributed by atoms with E-state index in [0.29, 0.717) is 10.9 Å². The van der Waals surface area contributed by atoms with E-state index in [-0.39, 0.29) is 11.4 Å². The van der Waals surface area contributed by atoms with Gasteiger partial charge in [0.05, 0.1) is 5.69 Å². The minimum Gasteiger partial charge on any atom is -0.406 e. The molecular weight excluding hydrogens is 259 g/mol. The molecule has 0 aliphatic rings. The molecule has 17 heavy (non-hydrogen) atoms. The number of carbonyl (C=O) groups is 1. The molecule has 0 aliphatic heterocycles. The molecule has 3 nitrogen and oxygen atoms in total. The van der Waals surface area contributed by atoms with E-state index in [9.17, 15) is 18.0 Å². The number of hydrogen-bond acceptors (Lipinski definition) is 2. The summed E-state index contributed by atoms with van der Waals surface area (Å²) in [6, 6.07) is 5.05. The topological polar surface area (TPSA) is 42.1 Å². The summed E-state index contributed by atoms with van der Waals surface area (Å²) in [6.45, 7) is 0.